The third-order valence-corrected chi connectivity index (χ3v) is 7.32. The molecule has 0 radical (unpaired) electrons. The maximum atomic E-state index is 13.9. The highest BCUT2D eigenvalue weighted by molar-refractivity contribution is 9.10. The first-order valence-corrected chi connectivity index (χ1v) is 13.0. The van der Waals surface area contributed by atoms with E-state index in [2.05, 4.69) is 21.2 Å². The number of halogens is 2. The summed E-state index contributed by atoms with van der Waals surface area (Å²) in [6.45, 7) is 2.14. The maximum absolute atomic E-state index is 13.9. The molecule has 1 atom stereocenters. The summed E-state index contributed by atoms with van der Waals surface area (Å²) in [5, 5.41) is 3.14. The number of benzene rings is 2. The first-order chi connectivity index (χ1) is 15.4. The molecule has 0 bridgehead atoms. The molecule has 0 aliphatic heterocycles. The highest BCUT2D eigenvalue weighted by Crippen LogP contribution is 2.20. The van der Waals surface area contributed by atoms with Crippen LogP contribution in [0.15, 0.2) is 53.0 Å². The van der Waals surface area contributed by atoms with Gasteiger partial charge >= 0.3 is 0 Å². The Morgan fingerprint density at radius 2 is 1.81 bits per heavy atom. The molecule has 1 saturated carbocycles. The number of amides is 2. The van der Waals surface area contributed by atoms with E-state index in [9.17, 15) is 14.0 Å². The topological polar surface area (TPSA) is 49.4 Å². The first-order valence-electron chi connectivity index (χ1n) is 11.1. The average Bonchev–Trinajstić information content (AvgIpc) is 2.80. The van der Waals surface area contributed by atoms with Crippen molar-refractivity contribution in [2.24, 2.45) is 0 Å². The molecule has 2 aromatic rings. The van der Waals surface area contributed by atoms with E-state index < -0.39 is 6.04 Å². The number of nitrogens with zero attached hydrogens (tertiary/aromatic N) is 1. The van der Waals surface area contributed by atoms with Crippen molar-refractivity contribution in [2.75, 3.05) is 5.75 Å². The van der Waals surface area contributed by atoms with Crippen molar-refractivity contribution in [1.29, 1.82) is 0 Å². The fourth-order valence-electron chi connectivity index (χ4n) is 3.88. The summed E-state index contributed by atoms with van der Waals surface area (Å²) in [6.07, 6.45) is 5.48. The summed E-state index contributed by atoms with van der Waals surface area (Å²) < 4.78 is 14.8. The van der Waals surface area contributed by atoms with E-state index in [0.717, 1.165) is 35.7 Å². The van der Waals surface area contributed by atoms with Crippen LogP contribution in [0.2, 0.25) is 0 Å². The quantitative estimate of drug-likeness (QED) is 0.462. The lowest BCUT2D eigenvalue weighted by Gasteiger charge is -2.31. The number of thioether (sulfide) groups is 1. The predicted molar refractivity (Wildman–Crippen MR) is 132 cm³/mol. The zero-order valence-electron chi connectivity index (χ0n) is 18.4. The SMILES string of the molecule is C[C@@H](C(=O)NC1CCCCC1)N(Cc1ccc(Br)cc1)C(=O)CSCc1ccccc1F. The molecule has 7 heteroatoms. The van der Waals surface area contributed by atoms with Crippen molar-refractivity contribution < 1.29 is 14.0 Å². The maximum Gasteiger partial charge on any atom is 0.242 e. The number of hydrogen-bond acceptors (Lipinski definition) is 3. The Hall–Kier alpha value is -1.86. The fourth-order valence-corrected chi connectivity index (χ4v) is 5.05. The lowest BCUT2D eigenvalue weighted by Crippen LogP contribution is -2.50. The van der Waals surface area contributed by atoms with Gasteiger partial charge in [0.1, 0.15) is 11.9 Å². The Kier molecular flexibility index (Phi) is 9.60. The second-order valence-corrected chi connectivity index (χ2v) is 10.2. The van der Waals surface area contributed by atoms with Crippen molar-refractivity contribution in [3.8, 4) is 0 Å². The Balaban J connectivity index is 1.65. The Labute approximate surface area is 202 Å². The zero-order chi connectivity index (χ0) is 22.9. The van der Waals surface area contributed by atoms with Crippen LogP contribution in [0.25, 0.3) is 0 Å². The van der Waals surface area contributed by atoms with Gasteiger partial charge in [-0.3, -0.25) is 9.59 Å². The number of rotatable bonds is 9. The van der Waals surface area contributed by atoms with E-state index in [0.29, 0.717) is 17.9 Å². The van der Waals surface area contributed by atoms with Crippen molar-refractivity contribution in [1.82, 2.24) is 10.2 Å². The first kappa shape index (κ1) is 24.8. The number of carbonyl (C=O) groups excluding carboxylic acids is 2. The lowest BCUT2D eigenvalue weighted by atomic mass is 9.95. The van der Waals surface area contributed by atoms with Crippen LogP contribution in [0.3, 0.4) is 0 Å². The Morgan fingerprint density at radius 3 is 2.50 bits per heavy atom. The Bertz CT molecular complexity index is 903. The molecule has 32 heavy (non-hydrogen) atoms. The van der Waals surface area contributed by atoms with Gasteiger partial charge in [-0.2, -0.15) is 0 Å². The monoisotopic (exact) mass is 520 g/mol. The summed E-state index contributed by atoms with van der Waals surface area (Å²) in [5.74, 6) is 0.0976. The molecule has 0 heterocycles. The smallest absolute Gasteiger partial charge is 0.242 e. The van der Waals surface area contributed by atoms with Crippen molar-refractivity contribution in [2.45, 2.75) is 63.4 Å². The zero-order valence-corrected chi connectivity index (χ0v) is 20.8. The van der Waals surface area contributed by atoms with E-state index in [1.54, 1.807) is 30.0 Å². The highest BCUT2D eigenvalue weighted by Gasteiger charge is 2.28. The minimum atomic E-state index is -0.581. The highest BCUT2D eigenvalue weighted by atomic mass is 79.9. The normalized spacial score (nSPS) is 15.2. The van der Waals surface area contributed by atoms with E-state index in [1.807, 2.05) is 24.3 Å². The van der Waals surface area contributed by atoms with Gasteiger partial charge in [-0.05, 0) is 49.1 Å². The number of hydrogen-bond donors (Lipinski definition) is 1. The van der Waals surface area contributed by atoms with Gasteiger partial charge in [0.15, 0.2) is 0 Å². The molecule has 1 N–H and O–H groups in total. The summed E-state index contributed by atoms with van der Waals surface area (Å²) in [6, 6.07) is 14.0. The Morgan fingerprint density at radius 1 is 1.12 bits per heavy atom. The summed E-state index contributed by atoms with van der Waals surface area (Å²) >= 11 is 4.80. The second-order valence-electron chi connectivity index (χ2n) is 8.25. The molecule has 172 valence electrons. The van der Waals surface area contributed by atoms with Crippen LogP contribution in [0, 0.1) is 5.82 Å². The minimum absolute atomic E-state index is 0.110. The van der Waals surface area contributed by atoms with Crippen molar-refractivity contribution >= 4 is 39.5 Å². The van der Waals surface area contributed by atoms with Crippen LogP contribution in [-0.4, -0.2) is 34.6 Å². The van der Waals surface area contributed by atoms with Crippen molar-refractivity contribution in [3.05, 3.63) is 69.9 Å². The van der Waals surface area contributed by atoms with Crippen LogP contribution in [0.5, 0.6) is 0 Å². The average molecular weight is 521 g/mol. The van der Waals surface area contributed by atoms with Gasteiger partial charge in [-0.15, -0.1) is 11.8 Å². The van der Waals surface area contributed by atoms with Gasteiger partial charge in [0.2, 0.25) is 11.8 Å². The molecule has 1 aliphatic rings. The minimum Gasteiger partial charge on any atom is -0.352 e. The van der Waals surface area contributed by atoms with Gasteiger partial charge in [-0.25, -0.2) is 4.39 Å². The van der Waals surface area contributed by atoms with Crippen LogP contribution in [0.4, 0.5) is 4.39 Å². The van der Waals surface area contributed by atoms with Gasteiger partial charge in [-0.1, -0.05) is 65.5 Å². The second kappa shape index (κ2) is 12.4. The molecular weight excluding hydrogens is 491 g/mol. The molecule has 0 saturated heterocycles. The molecular formula is C25H30BrFN2O2S. The number of carbonyl (C=O) groups is 2. The predicted octanol–water partition coefficient (Wildman–Crippen LogP) is 5.69. The third kappa shape index (κ3) is 7.34. The molecule has 0 aromatic heterocycles. The van der Waals surface area contributed by atoms with Crippen LogP contribution in [0.1, 0.15) is 50.2 Å². The van der Waals surface area contributed by atoms with Gasteiger partial charge in [0.05, 0.1) is 5.75 Å². The van der Waals surface area contributed by atoms with Gasteiger partial charge in [0, 0.05) is 22.8 Å². The van der Waals surface area contributed by atoms with E-state index >= 15 is 0 Å². The third-order valence-electron chi connectivity index (χ3n) is 5.83. The summed E-state index contributed by atoms with van der Waals surface area (Å²) in [7, 11) is 0. The van der Waals surface area contributed by atoms with E-state index in [-0.39, 0.29) is 29.4 Å². The standard InChI is InChI=1S/C25H30BrFN2O2S/c1-18(25(31)28-22-8-3-2-4-9-22)29(15-19-11-13-21(26)14-12-19)24(30)17-32-16-20-7-5-6-10-23(20)27/h5-7,10-14,18,22H,2-4,8-9,15-17H2,1H3,(H,28,31)/t18-/m0/s1. The van der Waals surface area contributed by atoms with Crippen molar-refractivity contribution in [3.63, 3.8) is 0 Å². The van der Waals surface area contributed by atoms with Gasteiger partial charge < -0.3 is 10.2 Å². The molecule has 0 unspecified atom stereocenters. The molecule has 1 fully saturated rings. The lowest BCUT2D eigenvalue weighted by molar-refractivity contribution is -0.139. The van der Waals surface area contributed by atoms with Crippen LogP contribution < -0.4 is 5.32 Å². The van der Waals surface area contributed by atoms with Gasteiger partial charge in [0.25, 0.3) is 0 Å². The number of nitrogens with one attached hydrogen (secondary N) is 1. The largest absolute Gasteiger partial charge is 0.352 e. The molecule has 2 aromatic carbocycles. The summed E-state index contributed by atoms with van der Waals surface area (Å²) in [5.41, 5.74) is 1.53. The van der Waals surface area contributed by atoms with E-state index in [4.69, 9.17) is 0 Å². The molecule has 4 nitrogen and oxygen atoms in total. The molecule has 0 spiro atoms. The molecule has 1 aliphatic carbocycles. The molecule has 2 amide bonds. The van der Waals surface area contributed by atoms with Crippen LogP contribution >= 0.6 is 27.7 Å². The fraction of sp³-hybridized carbons (Fsp3) is 0.440. The summed E-state index contributed by atoms with van der Waals surface area (Å²) in [4.78, 5) is 27.8. The molecule has 3 rings (SSSR count). The van der Waals surface area contributed by atoms with Crippen LogP contribution in [-0.2, 0) is 21.9 Å². The van der Waals surface area contributed by atoms with E-state index in [1.165, 1.54) is 24.2 Å².